The number of nitrogens with zero attached hydrogens (tertiary/aromatic N) is 1. The Hall–Kier alpha value is -1.60. The summed E-state index contributed by atoms with van der Waals surface area (Å²) >= 11 is 5.37. The Morgan fingerprint density at radius 3 is 2.95 bits per heavy atom. The number of aromatic nitrogens is 1. The van der Waals surface area contributed by atoms with E-state index < -0.39 is 9.84 Å². The van der Waals surface area contributed by atoms with Gasteiger partial charge in [-0.2, -0.15) is 0 Å². The minimum absolute atomic E-state index is 0.0114. The van der Waals surface area contributed by atoms with Gasteiger partial charge in [0.15, 0.2) is 14.9 Å². The van der Waals surface area contributed by atoms with Crippen molar-refractivity contribution in [3.8, 4) is 0 Å². The number of thiocarbonyl (C=S) groups is 1. The van der Waals surface area contributed by atoms with Crippen LogP contribution in [0, 0.1) is 0 Å². The quantitative estimate of drug-likeness (QED) is 0.822. The van der Waals surface area contributed by atoms with Crippen LogP contribution in [0.15, 0.2) is 30.5 Å². The first-order chi connectivity index (χ1) is 10.5. The van der Waals surface area contributed by atoms with Crippen molar-refractivity contribution >= 4 is 38.1 Å². The number of hydrogen-bond donors (Lipinski definition) is 2. The van der Waals surface area contributed by atoms with Crippen molar-refractivity contribution in [3.05, 3.63) is 36.0 Å². The van der Waals surface area contributed by atoms with Crippen molar-refractivity contribution < 1.29 is 8.42 Å². The van der Waals surface area contributed by atoms with Gasteiger partial charge in [0.2, 0.25) is 0 Å². The molecule has 0 radical (unpaired) electrons. The molecule has 5 nitrogen and oxygen atoms in total. The number of sulfone groups is 1. The lowest BCUT2D eigenvalue weighted by molar-refractivity contribution is 0.358. The molecule has 0 unspecified atom stereocenters. The molecule has 0 aliphatic carbocycles. The molecule has 22 heavy (non-hydrogen) atoms. The van der Waals surface area contributed by atoms with Crippen molar-refractivity contribution in [1.29, 1.82) is 0 Å². The maximum absolute atomic E-state index is 11.8. The van der Waals surface area contributed by atoms with Crippen molar-refractivity contribution in [3.63, 3.8) is 0 Å². The van der Waals surface area contributed by atoms with Crippen LogP contribution in [0.3, 0.4) is 0 Å². The van der Waals surface area contributed by atoms with Crippen LogP contribution in [0.25, 0.3) is 10.9 Å². The molecular weight excluding hydrogens is 318 g/mol. The molecule has 2 N–H and O–H groups in total. The molecule has 0 saturated carbocycles. The van der Waals surface area contributed by atoms with Gasteiger partial charge in [-0.05, 0) is 30.3 Å². The first-order valence-electron chi connectivity index (χ1n) is 7.36. The van der Waals surface area contributed by atoms with Gasteiger partial charge in [-0.3, -0.25) is 0 Å². The summed E-state index contributed by atoms with van der Waals surface area (Å²) in [5, 5.41) is 5.06. The highest BCUT2D eigenvalue weighted by molar-refractivity contribution is 7.91. The molecule has 0 amide bonds. The molecule has 2 aliphatic heterocycles. The Kier molecular flexibility index (Phi) is 3.16. The summed E-state index contributed by atoms with van der Waals surface area (Å²) in [6.07, 6.45) is 2.87. The smallest absolute Gasteiger partial charge is 0.169 e. The number of para-hydroxylation sites is 1. The summed E-state index contributed by atoms with van der Waals surface area (Å²) in [4.78, 5) is 5.32. The zero-order valence-electron chi connectivity index (χ0n) is 12.0. The van der Waals surface area contributed by atoms with E-state index in [1.165, 1.54) is 10.9 Å². The van der Waals surface area contributed by atoms with E-state index >= 15 is 0 Å². The number of fused-ring (bicyclic) bond motifs is 2. The highest BCUT2D eigenvalue weighted by Crippen LogP contribution is 2.25. The Labute approximate surface area is 134 Å². The van der Waals surface area contributed by atoms with Crippen molar-refractivity contribution in [2.45, 2.75) is 18.5 Å². The van der Waals surface area contributed by atoms with Crippen LogP contribution < -0.4 is 5.32 Å². The highest BCUT2D eigenvalue weighted by atomic mass is 32.2. The largest absolute Gasteiger partial charge is 0.361 e. The van der Waals surface area contributed by atoms with Gasteiger partial charge in [0.25, 0.3) is 0 Å². The van der Waals surface area contributed by atoms with Crippen LogP contribution >= 0.6 is 12.2 Å². The molecule has 0 bridgehead atoms. The fraction of sp³-hybridized carbons (Fsp3) is 0.400. The first-order valence-corrected chi connectivity index (χ1v) is 9.59. The van der Waals surface area contributed by atoms with Gasteiger partial charge in [-0.1, -0.05) is 18.2 Å². The number of aromatic amines is 1. The normalized spacial score (nSPS) is 26.4. The summed E-state index contributed by atoms with van der Waals surface area (Å²) in [6, 6.07) is 8.14. The summed E-state index contributed by atoms with van der Waals surface area (Å²) < 4.78 is 23.6. The lowest BCUT2D eigenvalue weighted by atomic mass is 10.1. The number of hydrogen-bond acceptors (Lipinski definition) is 3. The Bertz CT molecular complexity index is 843. The van der Waals surface area contributed by atoms with Gasteiger partial charge in [0.1, 0.15) is 0 Å². The van der Waals surface area contributed by atoms with E-state index in [4.69, 9.17) is 12.2 Å². The van der Waals surface area contributed by atoms with E-state index in [0.29, 0.717) is 5.11 Å². The topological polar surface area (TPSA) is 65.2 Å². The molecule has 1 aromatic carbocycles. The van der Waals surface area contributed by atoms with E-state index in [9.17, 15) is 8.42 Å². The number of rotatable bonds is 3. The molecule has 0 spiro atoms. The zero-order valence-corrected chi connectivity index (χ0v) is 13.6. The van der Waals surface area contributed by atoms with Gasteiger partial charge in [-0.15, -0.1) is 0 Å². The van der Waals surface area contributed by atoms with Crippen LogP contribution in [-0.4, -0.2) is 53.5 Å². The van der Waals surface area contributed by atoms with Crippen molar-refractivity contribution in [2.24, 2.45) is 0 Å². The Morgan fingerprint density at radius 1 is 1.27 bits per heavy atom. The molecule has 1 aromatic heterocycles. The molecule has 2 atom stereocenters. The minimum Gasteiger partial charge on any atom is -0.361 e. The van der Waals surface area contributed by atoms with Crippen LogP contribution in [0.2, 0.25) is 0 Å². The standard InChI is InChI=1S/C15H17N3O2S2/c19-22(20)8-13-14(9-22)18(15(21)17-13)6-5-10-7-16-12-4-2-1-3-11(10)12/h1-4,7,13-14,16H,5-6,8-9H2,(H,17,21)/t13-,14-/m1/s1. The van der Waals surface area contributed by atoms with E-state index in [1.807, 2.05) is 23.2 Å². The Balaban J connectivity index is 1.53. The van der Waals surface area contributed by atoms with Crippen molar-refractivity contribution in [1.82, 2.24) is 15.2 Å². The van der Waals surface area contributed by atoms with Crippen LogP contribution in [0.5, 0.6) is 0 Å². The third kappa shape index (κ3) is 2.28. The molecule has 2 aromatic rings. The average Bonchev–Trinajstić information content (AvgIpc) is 3.08. The second-order valence-electron chi connectivity index (χ2n) is 6.00. The Morgan fingerprint density at radius 2 is 2.09 bits per heavy atom. The third-order valence-electron chi connectivity index (χ3n) is 4.59. The molecule has 2 saturated heterocycles. The lowest BCUT2D eigenvalue weighted by Crippen LogP contribution is -2.38. The van der Waals surface area contributed by atoms with E-state index in [1.54, 1.807) is 0 Å². The van der Waals surface area contributed by atoms with Crippen molar-refractivity contribution in [2.75, 3.05) is 18.1 Å². The second-order valence-corrected chi connectivity index (χ2v) is 8.54. The van der Waals surface area contributed by atoms with Gasteiger partial charge < -0.3 is 15.2 Å². The SMILES string of the molecule is O=S1(=O)C[C@@H]2[C@@H](C1)NC(=S)N2CCc1c[nH]c2ccccc12. The van der Waals surface area contributed by atoms with Gasteiger partial charge in [0, 0.05) is 23.6 Å². The molecule has 116 valence electrons. The van der Waals surface area contributed by atoms with Gasteiger partial charge in [0.05, 0.1) is 23.6 Å². The minimum atomic E-state index is -2.94. The first kappa shape index (κ1) is 14.0. The maximum Gasteiger partial charge on any atom is 0.169 e. The predicted molar refractivity (Wildman–Crippen MR) is 90.7 cm³/mol. The van der Waals surface area contributed by atoms with E-state index in [2.05, 4.69) is 22.4 Å². The zero-order chi connectivity index (χ0) is 15.3. The number of benzene rings is 1. The maximum atomic E-state index is 11.8. The summed E-state index contributed by atoms with van der Waals surface area (Å²) in [6.45, 7) is 0.740. The summed E-state index contributed by atoms with van der Waals surface area (Å²) in [7, 11) is -2.94. The molecular formula is C15H17N3O2S2. The molecule has 2 aliphatic rings. The lowest BCUT2D eigenvalue weighted by Gasteiger charge is -2.22. The summed E-state index contributed by atoms with van der Waals surface area (Å²) in [5.74, 6) is 0.403. The molecule has 4 rings (SSSR count). The number of H-pyrrole nitrogens is 1. The molecule has 3 heterocycles. The van der Waals surface area contributed by atoms with E-state index in [0.717, 1.165) is 18.5 Å². The summed E-state index contributed by atoms with van der Waals surface area (Å²) in [5.41, 5.74) is 2.36. The van der Waals surface area contributed by atoms with E-state index in [-0.39, 0.29) is 23.6 Å². The van der Waals surface area contributed by atoms with Crippen LogP contribution in [0.1, 0.15) is 5.56 Å². The monoisotopic (exact) mass is 335 g/mol. The predicted octanol–water partition coefficient (Wildman–Crippen LogP) is 1.07. The fourth-order valence-electron chi connectivity index (χ4n) is 3.51. The highest BCUT2D eigenvalue weighted by Gasteiger charge is 2.46. The fourth-order valence-corrected chi connectivity index (χ4v) is 5.81. The number of nitrogens with one attached hydrogen (secondary N) is 2. The molecule has 2 fully saturated rings. The van der Waals surface area contributed by atoms with Crippen LogP contribution in [-0.2, 0) is 16.3 Å². The third-order valence-corrected chi connectivity index (χ3v) is 6.66. The van der Waals surface area contributed by atoms with Gasteiger partial charge in [-0.25, -0.2) is 8.42 Å². The molecule has 7 heteroatoms. The van der Waals surface area contributed by atoms with Crippen LogP contribution in [0.4, 0.5) is 0 Å². The average molecular weight is 335 g/mol. The van der Waals surface area contributed by atoms with Gasteiger partial charge >= 0.3 is 0 Å². The second kappa shape index (κ2) is 4.96.